The van der Waals surface area contributed by atoms with Gasteiger partial charge in [-0.15, -0.1) is 0 Å². The third-order valence-corrected chi connectivity index (χ3v) is 6.73. The number of hydrogen-bond donors (Lipinski definition) is 1. The van der Waals surface area contributed by atoms with E-state index in [2.05, 4.69) is 4.98 Å². The molecular formula is C28H27N3O6. The van der Waals surface area contributed by atoms with Crippen LogP contribution in [-0.2, 0) is 27.3 Å². The van der Waals surface area contributed by atoms with Crippen molar-refractivity contribution in [3.05, 3.63) is 89.0 Å². The predicted octanol–water partition coefficient (Wildman–Crippen LogP) is 3.51. The quantitative estimate of drug-likeness (QED) is 0.228. The van der Waals surface area contributed by atoms with E-state index < -0.39 is 23.7 Å². The lowest BCUT2D eigenvalue weighted by Crippen LogP contribution is -2.31. The Kier molecular flexibility index (Phi) is 6.52. The minimum atomic E-state index is -0.807. The van der Waals surface area contributed by atoms with Crippen molar-refractivity contribution in [2.24, 2.45) is 0 Å². The predicted molar refractivity (Wildman–Crippen MR) is 134 cm³/mol. The number of carbonyl (C=O) groups excluding carboxylic acids is 3. The molecule has 3 heterocycles. The van der Waals surface area contributed by atoms with Crippen LogP contribution in [0.25, 0.3) is 5.76 Å². The zero-order valence-corrected chi connectivity index (χ0v) is 20.6. The Hall–Kier alpha value is -4.40. The molecule has 1 amide bonds. The highest BCUT2D eigenvalue weighted by molar-refractivity contribution is 6.46. The summed E-state index contributed by atoms with van der Waals surface area (Å²) in [4.78, 5) is 43.9. The molecular weight excluding hydrogens is 474 g/mol. The summed E-state index contributed by atoms with van der Waals surface area (Å²) in [6.07, 6.45) is 6.50. The van der Waals surface area contributed by atoms with Crippen molar-refractivity contribution in [2.75, 3.05) is 13.7 Å². The van der Waals surface area contributed by atoms with E-state index in [0.29, 0.717) is 42.6 Å². The number of aromatic nitrogens is 2. The van der Waals surface area contributed by atoms with Crippen molar-refractivity contribution in [3.63, 3.8) is 0 Å². The first-order valence-corrected chi connectivity index (χ1v) is 12.1. The average Bonchev–Trinajstić information content (AvgIpc) is 3.62. The van der Waals surface area contributed by atoms with Crippen LogP contribution < -0.4 is 4.74 Å². The lowest BCUT2D eigenvalue weighted by Gasteiger charge is -2.25. The molecule has 2 aliphatic heterocycles. The molecule has 0 saturated carbocycles. The fraction of sp³-hybridized carbons (Fsp3) is 0.286. The van der Waals surface area contributed by atoms with Crippen molar-refractivity contribution in [1.82, 2.24) is 14.5 Å². The van der Waals surface area contributed by atoms with Gasteiger partial charge in [-0.05, 0) is 54.8 Å². The molecule has 0 radical (unpaired) electrons. The highest BCUT2D eigenvalue weighted by Crippen LogP contribution is 2.40. The minimum Gasteiger partial charge on any atom is -0.507 e. The number of aliphatic hydroxyl groups excluding tert-OH is 1. The molecule has 37 heavy (non-hydrogen) atoms. The lowest BCUT2D eigenvalue weighted by molar-refractivity contribution is -0.139. The van der Waals surface area contributed by atoms with Crippen LogP contribution in [0.3, 0.4) is 0 Å². The van der Waals surface area contributed by atoms with Gasteiger partial charge in [0.05, 0.1) is 30.6 Å². The summed E-state index contributed by atoms with van der Waals surface area (Å²) in [5, 5.41) is 11.4. The Bertz CT molecular complexity index is 1380. The van der Waals surface area contributed by atoms with Gasteiger partial charge >= 0.3 is 5.97 Å². The van der Waals surface area contributed by atoms with E-state index in [-0.39, 0.29) is 17.4 Å². The fourth-order valence-electron chi connectivity index (χ4n) is 4.94. The smallest absolute Gasteiger partial charge is 0.337 e. The van der Waals surface area contributed by atoms with Gasteiger partial charge in [0.25, 0.3) is 11.7 Å². The standard InChI is InChI=1S/C28H27N3O6/c1-17-14-21-15-20(8-9-22(21)37-17)25(32)23-24(18-4-6-19(7-5-18)28(35)36-2)31(27(34)26(23)33)12-3-11-30-13-10-29-16-30/h4-10,13,15-17,24,32H,3,11-12,14H2,1-2H3/b25-23+/t17-,24+/m1/s1. The SMILES string of the molecule is COC(=O)c1ccc([C@H]2/C(=C(\O)c3ccc4c(c3)C[C@@H](C)O4)C(=O)C(=O)N2CCCn2ccnc2)cc1. The van der Waals surface area contributed by atoms with Gasteiger partial charge in [-0.25, -0.2) is 9.78 Å². The minimum absolute atomic E-state index is 0.0189. The van der Waals surface area contributed by atoms with Crippen LogP contribution in [0.1, 0.15) is 46.4 Å². The van der Waals surface area contributed by atoms with Gasteiger partial charge in [0.15, 0.2) is 0 Å². The van der Waals surface area contributed by atoms with Crippen LogP contribution in [0, 0.1) is 0 Å². The van der Waals surface area contributed by atoms with Crippen LogP contribution in [0.5, 0.6) is 5.75 Å². The first-order chi connectivity index (χ1) is 17.9. The van der Waals surface area contributed by atoms with E-state index in [1.807, 2.05) is 17.7 Å². The number of imidazole rings is 1. The van der Waals surface area contributed by atoms with Gasteiger partial charge in [-0.3, -0.25) is 9.59 Å². The van der Waals surface area contributed by atoms with Crippen LogP contribution in [-0.4, -0.2) is 57.0 Å². The molecule has 1 aromatic heterocycles. The summed E-state index contributed by atoms with van der Waals surface area (Å²) in [5.74, 6) is -1.39. The van der Waals surface area contributed by atoms with Gasteiger partial charge in [0.2, 0.25) is 0 Å². The number of aryl methyl sites for hydroxylation is 1. The molecule has 9 nitrogen and oxygen atoms in total. The summed E-state index contributed by atoms with van der Waals surface area (Å²) < 4.78 is 12.4. The number of ether oxygens (including phenoxy) is 2. The number of carbonyl (C=O) groups is 3. The first-order valence-electron chi connectivity index (χ1n) is 12.1. The molecule has 2 atom stereocenters. The van der Waals surface area contributed by atoms with Crippen molar-refractivity contribution in [1.29, 1.82) is 0 Å². The molecule has 9 heteroatoms. The highest BCUT2D eigenvalue weighted by Gasteiger charge is 2.46. The third-order valence-electron chi connectivity index (χ3n) is 6.73. The Morgan fingerprint density at radius 3 is 2.59 bits per heavy atom. The summed E-state index contributed by atoms with van der Waals surface area (Å²) in [6.45, 7) is 2.87. The molecule has 190 valence electrons. The maximum Gasteiger partial charge on any atom is 0.337 e. The Balaban J connectivity index is 1.53. The molecule has 0 unspecified atom stereocenters. The summed E-state index contributed by atoms with van der Waals surface area (Å²) >= 11 is 0. The van der Waals surface area contributed by atoms with Crippen LogP contribution in [0.2, 0.25) is 0 Å². The van der Waals surface area contributed by atoms with Gasteiger partial charge < -0.3 is 24.0 Å². The maximum absolute atomic E-state index is 13.3. The van der Waals surface area contributed by atoms with Gasteiger partial charge in [-0.1, -0.05) is 12.1 Å². The normalized spacial score (nSPS) is 20.1. The number of aliphatic hydroxyl groups is 1. The Morgan fingerprint density at radius 1 is 1.14 bits per heavy atom. The molecule has 1 N–H and O–H groups in total. The van der Waals surface area contributed by atoms with Gasteiger partial charge in [0, 0.05) is 37.5 Å². The molecule has 2 aliphatic rings. The number of esters is 1. The second-order valence-corrected chi connectivity index (χ2v) is 9.22. The summed E-state index contributed by atoms with van der Waals surface area (Å²) in [5.41, 5.74) is 2.35. The number of Topliss-reactive ketones (excluding diaryl/α,β-unsaturated/α-hetero) is 1. The van der Waals surface area contributed by atoms with Crippen LogP contribution in [0.4, 0.5) is 0 Å². The maximum atomic E-state index is 13.3. The number of rotatable bonds is 7. The number of benzene rings is 2. The largest absolute Gasteiger partial charge is 0.507 e. The molecule has 0 aliphatic carbocycles. The van der Waals surface area contributed by atoms with E-state index in [0.717, 1.165) is 11.3 Å². The van der Waals surface area contributed by atoms with Crippen molar-refractivity contribution < 1.29 is 29.0 Å². The highest BCUT2D eigenvalue weighted by atomic mass is 16.5. The molecule has 2 aromatic carbocycles. The number of likely N-dealkylation sites (tertiary alicyclic amines) is 1. The summed E-state index contributed by atoms with van der Waals surface area (Å²) in [6, 6.07) is 11.0. The number of ketones is 1. The van der Waals surface area contributed by atoms with Crippen molar-refractivity contribution in [2.45, 2.75) is 38.5 Å². The van der Waals surface area contributed by atoms with E-state index >= 15 is 0 Å². The van der Waals surface area contributed by atoms with Gasteiger partial charge in [-0.2, -0.15) is 0 Å². The number of nitrogens with zero attached hydrogens (tertiary/aromatic N) is 3. The average molecular weight is 502 g/mol. The lowest BCUT2D eigenvalue weighted by atomic mass is 9.94. The van der Waals surface area contributed by atoms with E-state index in [9.17, 15) is 19.5 Å². The Labute approximate surface area is 213 Å². The number of fused-ring (bicyclic) bond motifs is 1. The fourth-order valence-corrected chi connectivity index (χ4v) is 4.94. The molecule has 5 rings (SSSR count). The molecule has 0 spiro atoms. The first kappa shape index (κ1) is 24.3. The van der Waals surface area contributed by atoms with Gasteiger partial charge in [0.1, 0.15) is 17.6 Å². The monoisotopic (exact) mass is 501 g/mol. The second kappa shape index (κ2) is 9.93. The number of amides is 1. The topological polar surface area (TPSA) is 111 Å². The van der Waals surface area contributed by atoms with E-state index in [4.69, 9.17) is 9.47 Å². The van der Waals surface area contributed by atoms with Crippen molar-refractivity contribution >= 4 is 23.4 Å². The number of methoxy groups -OCH3 is 1. The molecule has 1 fully saturated rings. The van der Waals surface area contributed by atoms with Crippen LogP contribution in [0.15, 0.2) is 66.8 Å². The molecule has 1 saturated heterocycles. The third kappa shape index (κ3) is 4.60. The zero-order chi connectivity index (χ0) is 26.1. The Morgan fingerprint density at radius 2 is 1.89 bits per heavy atom. The zero-order valence-electron chi connectivity index (χ0n) is 20.6. The second-order valence-electron chi connectivity index (χ2n) is 9.22. The van der Waals surface area contributed by atoms with E-state index in [1.165, 1.54) is 12.0 Å². The van der Waals surface area contributed by atoms with E-state index in [1.54, 1.807) is 55.0 Å². The molecule has 0 bridgehead atoms. The molecule has 3 aromatic rings. The van der Waals surface area contributed by atoms with Crippen LogP contribution >= 0.6 is 0 Å². The van der Waals surface area contributed by atoms with Crippen molar-refractivity contribution in [3.8, 4) is 5.75 Å². The number of hydrogen-bond acceptors (Lipinski definition) is 7. The summed E-state index contributed by atoms with van der Waals surface area (Å²) in [7, 11) is 1.30.